The minimum Gasteiger partial charge on any atom is -0.480 e. The number of amides is 1. The number of aliphatic carboxylic acids is 1. The van der Waals surface area contributed by atoms with Gasteiger partial charge in [-0.15, -0.1) is 0 Å². The lowest BCUT2D eigenvalue weighted by atomic mass is 9.77. The predicted molar refractivity (Wildman–Crippen MR) is 146 cm³/mol. The fourth-order valence-corrected chi connectivity index (χ4v) is 4.78. The standard InChI is InChI=1S/C29H56N2O4/c1-7-11-15-22-29(6,21-12-8-2)30-23-16-13-14-17-26(33)31-24(27(34)35)18-19-25(32)28(5,10-4)20-9-3/h24,30H,7-23H2,1-6H3,(H,31,33)(H,34,35). The van der Waals surface area contributed by atoms with Crippen molar-refractivity contribution in [2.45, 2.75) is 156 Å². The molecule has 3 unspecified atom stereocenters. The van der Waals surface area contributed by atoms with Gasteiger partial charge < -0.3 is 15.7 Å². The van der Waals surface area contributed by atoms with Crippen molar-refractivity contribution in [3.8, 4) is 0 Å². The Bertz CT molecular complexity index is 609. The minimum absolute atomic E-state index is 0.0930. The molecule has 0 aromatic carbocycles. The van der Waals surface area contributed by atoms with Crippen LogP contribution in [0, 0.1) is 5.41 Å². The number of nitrogens with one attached hydrogen (secondary N) is 2. The Hall–Kier alpha value is -1.43. The molecule has 0 rings (SSSR count). The molecule has 6 heteroatoms. The number of Topliss-reactive ketones (excluding diaryl/α,β-unsaturated/α-hetero) is 1. The molecule has 6 nitrogen and oxygen atoms in total. The molecule has 0 aliphatic carbocycles. The van der Waals surface area contributed by atoms with Crippen molar-refractivity contribution < 1.29 is 19.5 Å². The number of unbranched alkanes of at least 4 members (excludes halogenated alkanes) is 5. The Morgan fingerprint density at radius 2 is 1.43 bits per heavy atom. The molecule has 0 saturated heterocycles. The van der Waals surface area contributed by atoms with Crippen LogP contribution in [0.5, 0.6) is 0 Å². The van der Waals surface area contributed by atoms with Gasteiger partial charge in [-0.3, -0.25) is 9.59 Å². The Kier molecular flexibility index (Phi) is 18.0. The normalized spacial score (nSPS) is 15.7. The van der Waals surface area contributed by atoms with Gasteiger partial charge in [0.15, 0.2) is 0 Å². The summed E-state index contributed by atoms with van der Waals surface area (Å²) in [5, 5.41) is 15.9. The molecular weight excluding hydrogens is 440 g/mol. The molecule has 206 valence electrons. The highest BCUT2D eigenvalue weighted by Crippen LogP contribution is 2.30. The van der Waals surface area contributed by atoms with Crippen molar-refractivity contribution in [3.05, 3.63) is 0 Å². The van der Waals surface area contributed by atoms with Crippen LogP contribution in [0.1, 0.15) is 144 Å². The van der Waals surface area contributed by atoms with Crippen molar-refractivity contribution >= 4 is 17.7 Å². The number of hydrogen-bond donors (Lipinski definition) is 3. The highest BCUT2D eigenvalue weighted by molar-refractivity contribution is 5.86. The largest absolute Gasteiger partial charge is 0.480 e. The average molecular weight is 497 g/mol. The van der Waals surface area contributed by atoms with E-state index < -0.39 is 17.4 Å². The molecule has 3 N–H and O–H groups in total. The summed E-state index contributed by atoms with van der Waals surface area (Å²) in [4.78, 5) is 36.6. The van der Waals surface area contributed by atoms with Gasteiger partial charge in [0.25, 0.3) is 0 Å². The summed E-state index contributed by atoms with van der Waals surface area (Å²) in [6, 6.07) is -1.00. The van der Waals surface area contributed by atoms with E-state index >= 15 is 0 Å². The monoisotopic (exact) mass is 496 g/mol. The second kappa shape index (κ2) is 18.8. The summed E-state index contributed by atoms with van der Waals surface area (Å²) in [6.45, 7) is 13.8. The smallest absolute Gasteiger partial charge is 0.326 e. The van der Waals surface area contributed by atoms with Gasteiger partial charge in [0.2, 0.25) is 5.91 Å². The maximum Gasteiger partial charge on any atom is 0.326 e. The average Bonchev–Trinajstić information content (AvgIpc) is 2.82. The molecule has 0 aromatic heterocycles. The first-order valence-electron chi connectivity index (χ1n) is 14.4. The van der Waals surface area contributed by atoms with Crippen molar-refractivity contribution in [2.24, 2.45) is 5.41 Å². The lowest BCUT2D eigenvalue weighted by Crippen LogP contribution is -2.43. The van der Waals surface area contributed by atoms with Gasteiger partial charge in [-0.1, -0.05) is 79.6 Å². The van der Waals surface area contributed by atoms with Crippen LogP contribution in [0.4, 0.5) is 0 Å². The third-order valence-electron chi connectivity index (χ3n) is 7.60. The summed E-state index contributed by atoms with van der Waals surface area (Å²) in [5.41, 5.74) is -0.210. The fraction of sp³-hybridized carbons (Fsp3) is 0.897. The number of carbonyl (C=O) groups is 3. The maximum atomic E-state index is 12.7. The number of hydrogen-bond acceptors (Lipinski definition) is 4. The number of ketones is 1. The minimum atomic E-state index is -1.07. The van der Waals surface area contributed by atoms with Crippen molar-refractivity contribution in [1.29, 1.82) is 0 Å². The maximum absolute atomic E-state index is 12.7. The third-order valence-corrected chi connectivity index (χ3v) is 7.60. The molecule has 0 radical (unpaired) electrons. The number of carboxylic acid groups (broad SMARTS) is 1. The molecule has 3 atom stereocenters. The van der Waals surface area contributed by atoms with E-state index in [-0.39, 0.29) is 30.1 Å². The van der Waals surface area contributed by atoms with Crippen LogP contribution in [-0.4, -0.2) is 40.9 Å². The summed E-state index contributed by atoms with van der Waals surface area (Å²) < 4.78 is 0. The van der Waals surface area contributed by atoms with Gasteiger partial charge >= 0.3 is 5.97 Å². The van der Waals surface area contributed by atoms with Crippen LogP contribution >= 0.6 is 0 Å². The Morgan fingerprint density at radius 3 is 2.00 bits per heavy atom. The highest BCUT2D eigenvalue weighted by atomic mass is 16.4. The number of rotatable bonds is 23. The lowest BCUT2D eigenvalue weighted by Gasteiger charge is -2.31. The van der Waals surface area contributed by atoms with Crippen LogP contribution in [0.25, 0.3) is 0 Å². The highest BCUT2D eigenvalue weighted by Gasteiger charge is 2.31. The number of carbonyl (C=O) groups excluding carboxylic acids is 2. The van der Waals surface area contributed by atoms with Gasteiger partial charge in [-0.05, 0) is 58.4 Å². The third kappa shape index (κ3) is 14.7. The molecular formula is C29H56N2O4. The van der Waals surface area contributed by atoms with Crippen LogP contribution in [-0.2, 0) is 14.4 Å². The second-order valence-electron chi connectivity index (χ2n) is 10.9. The van der Waals surface area contributed by atoms with Crippen LogP contribution in [0.2, 0.25) is 0 Å². The Morgan fingerprint density at radius 1 is 0.771 bits per heavy atom. The quantitative estimate of drug-likeness (QED) is 0.135. The molecule has 0 fully saturated rings. The van der Waals surface area contributed by atoms with E-state index in [0.29, 0.717) is 6.42 Å². The van der Waals surface area contributed by atoms with E-state index in [4.69, 9.17) is 0 Å². The van der Waals surface area contributed by atoms with Gasteiger partial charge in [0.1, 0.15) is 11.8 Å². The van der Waals surface area contributed by atoms with E-state index in [0.717, 1.165) is 45.1 Å². The van der Waals surface area contributed by atoms with E-state index in [1.54, 1.807) is 0 Å². The van der Waals surface area contributed by atoms with Gasteiger partial charge in [0, 0.05) is 23.8 Å². The van der Waals surface area contributed by atoms with Crippen molar-refractivity contribution in [3.63, 3.8) is 0 Å². The zero-order chi connectivity index (χ0) is 26.7. The SMILES string of the molecule is CCCCCC(C)(CCCC)NCCCCCC(=O)NC(CCC(=O)C(C)(CC)CCC)C(=O)O. The molecule has 0 aromatic rings. The second-order valence-corrected chi connectivity index (χ2v) is 10.9. The van der Waals surface area contributed by atoms with E-state index in [9.17, 15) is 19.5 Å². The van der Waals surface area contributed by atoms with Crippen LogP contribution < -0.4 is 10.6 Å². The molecule has 35 heavy (non-hydrogen) atoms. The predicted octanol–water partition coefficient (Wildman–Crippen LogP) is 6.80. The summed E-state index contributed by atoms with van der Waals surface area (Å²) in [7, 11) is 0. The van der Waals surface area contributed by atoms with Crippen LogP contribution in [0.15, 0.2) is 0 Å². The van der Waals surface area contributed by atoms with E-state index in [1.807, 2.05) is 13.8 Å². The molecule has 0 heterocycles. The zero-order valence-corrected chi connectivity index (χ0v) is 23.8. The van der Waals surface area contributed by atoms with Crippen molar-refractivity contribution in [2.75, 3.05) is 6.54 Å². The molecule has 0 saturated carbocycles. The van der Waals surface area contributed by atoms with E-state index in [2.05, 4.69) is 38.3 Å². The Labute approximate surface area is 215 Å². The molecule has 0 aliphatic rings. The summed E-state index contributed by atoms with van der Waals surface area (Å²) in [5.74, 6) is -1.22. The van der Waals surface area contributed by atoms with Gasteiger partial charge in [0.05, 0.1) is 0 Å². The van der Waals surface area contributed by atoms with Crippen molar-refractivity contribution in [1.82, 2.24) is 10.6 Å². The first-order valence-corrected chi connectivity index (χ1v) is 14.4. The topological polar surface area (TPSA) is 95.5 Å². The van der Waals surface area contributed by atoms with E-state index in [1.165, 1.54) is 44.9 Å². The molecule has 0 aliphatic heterocycles. The lowest BCUT2D eigenvalue weighted by molar-refractivity contribution is -0.142. The number of carboxylic acids is 1. The molecule has 0 spiro atoms. The first-order chi connectivity index (χ1) is 16.6. The Balaban J connectivity index is 4.39. The van der Waals surface area contributed by atoms with Crippen LogP contribution in [0.3, 0.4) is 0 Å². The fourth-order valence-electron chi connectivity index (χ4n) is 4.78. The van der Waals surface area contributed by atoms with Gasteiger partial charge in [-0.2, -0.15) is 0 Å². The summed E-state index contributed by atoms with van der Waals surface area (Å²) in [6.07, 6.45) is 14.4. The molecule has 1 amide bonds. The first kappa shape index (κ1) is 33.6. The molecule has 0 bridgehead atoms. The summed E-state index contributed by atoms with van der Waals surface area (Å²) >= 11 is 0. The van der Waals surface area contributed by atoms with Gasteiger partial charge in [-0.25, -0.2) is 4.79 Å². The zero-order valence-electron chi connectivity index (χ0n) is 23.8.